The Kier molecular flexibility index (Phi) is 5.63. The van der Waals surface area contributed by atoms with Crippen molar-refractivity contribution in [3.05, 3.63) is 6.92 Å². The van der Waals surface area contributed by atoms with Gasteiger partial charge in [0, 0.05) is 32.6 Å². The van der Waals surface area contributed by atoms with E-state index < -0.39 is 5.60 Å². The average molecular weight is 269 g/mol. The van der Waals surface area contributed by atoms with Crippen LogP contribution in [0.25, 0.3) is 0 Å². The average Bonchev–Trinajstić information content (AvgIpc) is 2.34. The zero-order valence-electron chi connectivity index (χ0n) is 12.3. The molecule has 1 fully saturated rings. The van der Waals surface area contributed by atoms with Crippen LogP contribution in [0.5, 0.6) is 0 Å². The van der Waals surface area contributed by atoms with Gasteiger partial charge in [-0.05, 0) is 27.2 Å². The number of hydrogen-bond donors (Lipinski definition) is 0. The van der Waals surface area contributed by atoms with Crippen LogP contribution in [0.15, 0.2) is 0 Å². The number of nitrogens with zero attached hydrogens (tertiary/aromatic N) is 2. The molecule has 0 spiro atoms. The van der Waals surface area contributed by atoms with Crippen molar-refractivity contribution in [2.45, 2.75) is 45.6 Å². The Bertz CT molecular complexity index is 315. The lowest BCUT2D eigenvalue weighted by Gasteiger charge is -2.35. The standard InChI is InChI=1S/C14H25N2O3/c1-5-6-7-12(17)15-8-10-16(11-9-15)13(18)19-14(2,3)4/h1,5-11H2,2-4H3. The lowest BCUT2D eigenvalue weighted by Crippen LogP contribution is -2.51. The van der Waals surface area contributed by atoms with Crippen LogP contribution in [-0.2, 0) is 9.53 Å². The van der Waals surface area contributed by atoms with E-state index in [1.54, 1.807) is 4.90 Å². The fraction of sp³-hybridized carbons (Fsp3) is 0.786. The van der Waals surface area contributed by atoms with Gasteiger partial charge in [0.15, 0.2) is 0 Å². The molecule has 5 heteroatoms. The molecule has 0 aromatic carbocycles. The van der Waals surface area contributed by atoms with Gasteiger partial charge in [0.2, 0.25) is 5.91 Å². The summed E-state index contributed by atoms with van der Waals surface area (Å²) in [7, 11) is 0. The van der Waals surface area contributed by atoms with Gasteiger partial charge < -0.3 is 14.5 Å². The number of piperazine rings is 1. The minimum Gasteiger partial charge on any atom is -0.444 e. The molecule has 19 heavy (non-hydrogen) atoms. The molecule has 1 aliphatic heterocycles. The maximum atomic E-state index is 11.9. The summed E-state index contributed by atoms with van der Waals surface area (Å²) < 4.78 is 5.31. The second kappa shape index (κ2) is 6.78. The largest absolute Gasteiger partial charge is 0.444 e. The molecule has 0 aromatic rings. The first-order chi connectivity index (χ1) is 8.83. The van der Waals surface area contributed by atoms with Gasteiger partial charge in [-0.3, -0.25) is 4.79 Å². The Balaban J connectivity index is 2.36. The van der Waals surface area contributed by atoms with Gasteiger partial charge in [0.1, 0.15) is 5.60 Å². The van der Waals surface area contributed by atoms with Gasteiger partial charge in [0.25, 0.3) is 0 Å². The summed E-state index contributed by atoms with van der Waals surface area (Å²) in [6, 6.07) is 0. The summed E-state index contributed by atoms with van der Waals surface area (Å²) in [5.74, 6) is 0.160. The highest BCUT2D eigenvalue weighted by molar-refractivity contribution is 5.76. The SMILES string of the molecule is [CH2]CCCC(=O)N1CCN(C(=O)OC(C)(C)C)CC1. The Hall–Kier alpha value is -1.26. The molecule has 0 unspecified atom stereocenters. The van der Waals surface area contributed by atoms with Gasteiger partial charge in [0.05, 0.1) is 0 Å². The summed E-state index contributed by atoms with van der Waals surface area (Å²) in [6.45, 7) is 11.6. The van der Waals surface area contributed by atoms with E-state index >= 15 is 0 Å². The van der Waals surface area contributed by atoms with Gasteiger partial charge >= 0.3 is 6.09 Å². The van der Waals surface area contributed by atoms with Crippen LogP contribution in [-0.4, -0.2) is 53.6 Å². The third-order valence-corrected chi connectivity index (χ3v) is 2.92. The van der Waals surface area contributed by atoms with Crippen molar-refractivity contribution < 1.29 is 14.3 Å². The predicted molar refractivity (Wildman–Crippen MR) is 73.6 cm³/mol. The topological polar surface area (TPSA) is 49.9 Å². The molecule has 0 aliphatic carbocycles. The molecular weight excluding hydrogens is 244 g/mol. The second-order valence-electron chi connectivity index (χ2n) is 5.81. The molecule has 0 saturated carbocycles. The van der Waals surface area contributed by atoms with Crippen molar-refractivity contribution in [1.29, 1.82) is 0 Å². The Morgan fingerprint density at radius 1 is 1.11 bits per heavy atom. The fourth-order valence-corrected chi connectivity index (χ4v) is 1.90. The van der Waals surface area contributed by atoms with E-state index in [9.17, 15) is 9.59 Å². The molecule has 1 heterocycles. The first kappa shape index (κ1) is 15.8. The molecule has 1 aliphatic rings. The number of unbranched alkanes of at least 4 members (excludes halogenated alkanes) is 1. The van der Waals surface area contributed by atoms with E-state index in [0.717, 1.165) is 12.8 Å². The smallest absolute Gasteiger partial charge is 0.410 e. The van der Waals surface area contributed by atoms with E-state index in [4.69, 9.17) is 4.74 Å². The normalized spacial score (nSPS) is 16.4. The third-order valence-electron chi connectivity index (χ3n) is 2.92. The molecule has 0 atom stereocenters. The van der Waals surface area contributed by atoms with Crippen LogP contribution in [0.1, 0.15) is 40.0 Å². The number of carbonyl (C=O) groups excluding carboxylic acids is 2. The number of hydrogen-bond acceptors (Lipinski definition) is 3. The van der Waals surface area contributed by atoms with E-state index in [2.05, 4.69) is 6.92 Å². The van der Waals surface area contributed by atoms with Crippen LogP contribution >= 0.6 is 0 Å². The molecule has 1 saturated heterocycles. The lowest BCUT2D eigenvalue weighted by atomic mass is 10.2. The second-order valence-corrected chi connectivity index (χ2v) is 5.81. The molecular formula is C14H25N2O3. The van der Waals surface area contributed by atoms with Crippen molar-refractivity contribution in [1.82, 2.24) is 9.80 Å². The summed E-state index contributed by atoms with van der Waals surface area (Å²) >= 11 is 0. The first-order valence-corrected chi connectivity index (χ1v) is 6.88. The van der Waals surface area contributed by atoms with Crippen LogP contribution in [0.3, 0.4) is 0 Å². The van der Waals surface area contributed by atoms with Crippen molar-refractivity contribution in [3.8, 4) is 0 Å². The van der Waals surface area contributed by atoms with Crippen LogP contribution in [0.4, 0.5) is 4.79 Å². The molecule has 0 N–H and O–H groups in total. The van der Waals surface area contributed by atoms with Crippen molar-refractivity contribution >= 4 is 12.0 Å². The van der Waals surface area contributed by atoms with Gasteiger partial charge in [-0.1, -0.05) is 13.3 Å². The predicted octanol–water partition coefficient (Wildman–Crippen LogP) is 2.07. The highest BCUT2D eigenvalue weighted by Crippen LogP contribution is 2.12. The number of rotatable bonds is 3. The van der Waals surface area contributed by atoms with E-state index in [1.165, 1.54) is 0 Å². The highest BCUT2D eigenvalue weighted by atomic mass is 16.6. The number of amides is 2. The monoisotopic (exact) mass is 269 g/mol. The van der Waals surface area contributed by atoms with Crippen LogP contribution < -0.4 is 0 Å². The Morgan fingerprint density at radius 2 is 1.63 bits per heavy atom. The maximum absolute atomic E-state index is 11.9. The number of carbonyl (C=O) groups is 2. The molecule has 5 nitrogen and oxygen atoms in total. The van der Waals surface area contributed by atoms with Crippen molar-refractivity contribution in [3.63, 3.8) is 0 Å². The van der Waals surface area contributed by atoms with Gasteiger partial charge in [-0.2, -0.15) is 0 Å². The zero-order chi connectivity index (χ0) is 14.5. The van der Waals surface area contributed by atoms with Gasteiger partial charge in [-0.15, -0.1) is 0 Å². The minimum absolute atomic E-state index is 0.160. The van der Waals surface area contributed by atoms with Gasteiger partial charge in [-0.25, -0.2) is 4.79 Å². The van der Waals surface area contributed by atoms with Crippen molar-refractivity contribution in [2.24, 2.45) is 0 Å². The summed E-state index contributed by atoms with van der Waals surface area (Å²) in [5, 5.41) is 0. The Labute approximate surface area is 115 Å². The van der Waals surface area contributed by atoms with E-state index in [1.807, 2.05) is 25.7 Å². The minimum atomic E-state index is -0.474. The molecule has 109 valence electrons. The van der Waals surface area contributed by atoms with E-state index in [0.29, 0.717) is 32.6 Å². The summed E-state index contributed by atoms with van der Waals surface area (Å²) in [5.41, 5.74) is -0.474. The summed E-state index contributed by atoms with van der Waals surface area (Å²) in [6.07, 6.45) is 1.86. The molecule has 0 bridgehead atoms. The quantitative estimate of drug-likeness (QED) is 0.788. The van der Waals surface area contributed by atoms with Crippen molar-refractivity contribution in [2.75, 3.05) is 26.2 Å². The lowest BCUT2D eigenvalue weighted by molar-refractivity contribution is -0.133. The zero-order valence-corrected chi connectivity index (χ0v) is 12.3. The molecule has 1 radical (unpaired) electrons. The molecule has 1 rings (SSSR count). The Morgan fingerprint density at radius 3 is 2.11 bits per heavy atom. The van der Waals surface area contributed by atoms with Crippen LogP contribution in [0.2, 0.25) is 0 Å². The highest BCUT2D eigenvalue weighted by Gasteiger charge is 2.27. The maximum Gasteiger partial charge on any atom is 0.410 e. The first-order valence-electron chi connectivity index (χ1n) is 6.88. The third kappa shape index (κ3) is 5.49. The molecule has 0 aromatic heterocycles. The fourth-order valence-electron chi connectivity index (χ4n) is 1.90. The molecule has 2 amide bonds. The van der Waals surface area contributed by atoms with E-state index in [-0.39, 0.29) is 12.0 Å². The van der Waals surface area contributed by atoms with Crippen LogP contribution in [0, 0.1) is 6.92 Å². The summed E-state index contributed by atoms with van der Waals surface area (Å²) in [4.78, 5) is 27.2. The number of ether oxygens (including phenoxy) is 1.